The number of para-hydroxylation sites is 1. The van der Waals surface area contributed by atoms with Crippen molar-refractivity contribution in [1.82, 2.24) is 0 Å². The molecule has 0 aliphatic rings. The van der Waals surface area contributed by atoms with Crippen LogP contribution in [0.15, 0.2) is 24.3 Å². The van der Waals surface area contributed by atoms with E-state index in [-0.39, 0.29) is 0 Å². The first-order chi connectivity index (χ1) is 5.49. The molecule has 0 aromatic heterocycles. The lowest BCUT2D eigenvalue weighted by Crippen LogP contribution is -2.11. The largest absolute Gasteiger partial charge is 0.422 e. The van der Waals surface area contributed by atoms with Crippen molar-refractivity contribution in [2.75, 3.05) is 0 Å². The highest BCUT2D eigenvalue weighted by Crippen LogP contribution is 2.31. The summed E-state index contributed by atoms with van der Waals surface area (Å²) in [7, 11) is -3.41. The van der Waals surface area contributed by atoms with Gasteiger partial charge in [0.2, 0.25) is 0 Å². The van der Waals surface area contributed by atoms with Crippen LogP contribution in [0.3, 0.4) is 0 Å². The summed E-state index contributed by atoms with van der Waals surface area (Å²) >= 11 is 0. The van der Waals surface area contributed by atoms with Crippen LogP contribution in [0.1, 0.15) is 5.56 Å². The molecule has 66 valence electrons. The Kier molecular flexibility index (Phi) is 2.52. The van der Waals surface area contributed by atoms with Crippen LogP contribution in [0.2, 0.25) is 0 Å². The second-order valence-electron chi connectivity index (χ2n) is 2.50. The first kappa shape index (κ1) is 9.26. The molecule has 0 saturated carbocycles. The molecule has 0 saturated heterocycles. The average Bonchev–Trinajstić information content (AvgIpc) is 1.91. The van der Waals surface area contributed by atoms with Crippen molar-refractivity contribution in [3.05, 3.63) is 29.8 Å². The van der Waals surface area contributed by atoms with Gasteiger partial charge in [-0.05, 0) is 18.6 Å². The summed E-state index contributed by atoms with van der Waals surface area (Å²) in [5.41, 5.74) is 11.0. The molecule has 1 aromatic carbocycles. The van der Waals surface area contributed by atoms with Crippen LogP contribution in [-0.4, -0.2) is 0 Å². The average molecular weight is 186 g/mol. The van der Waals surface area contributed by atoms with Crippen LogP contribution in [0.5, 0.6) is 5.75 Å². The van der Waals surface area contributed by atoms with Gasteiger partial charge in [-0.1, -0.05) is 18.2 Å². The molecule has 0 fully saturated rings. The lowest BCUT2D eigenvalue weighted by molar-refractivity contribution is 0.482. The van der Waals surface area contributed by atoms with Gasteiger partial charge in [0.25, 0.3) is 0 Å². The van der Waals surface area contributed by atoms with Gasteiger partial charge in [-0.15, -0.1) is 0 Å². The first-order valence-electron chi connectivity index (χ1n) is 3.41. The highest BCUT2D eigenvalue weighted by atomic mass is 31.2. The van der Waals surface area contributed by atoms with Crippen LogP contribution in [-0.2, 0) is 4.57 Å². The van der Waals surface area contributed by atoms with Crippen molar-refractivity contribution in [1.29, 1.82) is 0 Å². The molecule has 4 N–H and O–H groups in total. The number of hydrogen-bond donors (Lipinski definition) is 2. The second kappa shape index (κ2) is 3.27. The van der Waals surface area contributed by atoms with Gasteiger partial charge in [0.15, 0.2) is 0 Å². The highest BCUT2D eigenvalue weighted by molar-refractivity contribution is 7.54. The summed E-state index contributed by atoms with van der Waals surface area (Å²) in [6.45, 7) is 1.82. The minimum absolute atomic E-state index is 0.464. The summed E-state index contributed by atoms with van der Waals surface area (Å²) in [6, 6.07) is 7.10. The van der Waals surface area contributed by atoms with E-state index in [1.54, 1.807) is 12.1 Å². The molecule has 1 aromatic rings. The fourth-order valence-corrected chi connectivity index (χ4v) is 1.32. The number of hydrogen-bond acceptors (Lipinski definition) is 2. The third-order valence-corrected chi connectivity index (χ3v) is 1.82. The van der Waals surface area contributed by atoms with Crippen LogP contribution in [0.25, 0.3) is 0 Å². The lowest BCUT2D eigenvalue weighted by Gasteiger charge is -2.10. The zero-order chi connectivity index (χ0) is 9.19. The van der Waals surface area contributed by atoms with Gasteiger partial charge in [-0.25, -0.2) is 15.6 Å². The van der Waals surface area contributed by atoms with Gasteiger partial charge in [-0.3, -0.25) is 0 Å². The van der Waals surface area contributed by atoms with Crippen LogP contribution in [0, 0.1) is 6.92 Å². The molecule has 0 radical (unpaired) electrons. The van der Waals surface area contributed by atoms with Crippen molar-refractivity contribution in [3.8, 4) is 5.75 Å². The third kappa shape index (κ3) is 2.66. The molecule has 12 heavy (non-hydrogen) atoms. The standard InChI is InChI=1S/C7H11N2O2P/c1-6-4-2-3-5-7(6)11-12(8,9)10/h2-5H,1H3,(H4,8,9,10). The van der Waals surface area contributed by atoms with Gasteiger partial charge in [-0.2, -0.15) is 0 Å². The molecular weight excluding hydrogens is 175 g/mol. The Morgan fingerprint density at radius 3 is 2.42 bits per heavy atom. The Labute approximate surface area is 71.1 Å². The first-order valence-corrected chi connectivity index (χ1v) is 5.18. The van der Waals surface area contributed by atoms with Gasteiger partial charge in [0.1, 0.15) is 5.75 Å². The monoisotopic (exact) mass is 186 g/mol. The van der Waals surface area contributed by atoms with E-state index in [0.717, 1.165) is 5.56 Å². The molecule has 1 rings (SSSR count). The quantitative estimate of drug-likeness (QED) is 0.684. The summed E-state index contributed by atoms with van der Waals surface area (Å²) in [5.74, 6) is 0.464. The number of benzene rings is 1. The SMILES string of the molecule is Cc1ccccc1OP(N)(N)=O. The fraction of sp³-hybridized carbons (Fsp3) is 0.143. The topological polar surface area (TPSA) is 78.3 Å². The normalized spacial score (nSPS) is 11.2. The number of aryl methyl sites for hydroxylation is 1. The van der Waals surface area contributed by atoms with E-state index in [4.69, 9.17) is 15.5 Å². The van der Waals surface area contributed by atoms with E-state index in [9.17, 15) is 4.57 Å². The molecule has 0 atom stereocenters. The molecule has 4 nitrogen and oxygen atoms in total. The maximum absolute atomic E-state index is 10.9. The van der Waals surface area contributed by atoms with E-state index in [2.05, 4.69) is 0 Å². The highest BCUT2D eigenvalue weighted by Gasteiger charge is 2.11. The molecule has 0 bridgehead atoms. The molecule has 5 heteroatoms. The number of nitrogens with two attached hydrogens (primary N) is 2. The smallest absolute Gasteiger partial charge is 0.385 e. The summed E-state index contributed by atoms with van der Waals surface area (Å²) in [6.07, 6.45) is 0. The Hall–Kier alpha value is -0.830. The van der Waals surface area contributed by atoms with Crippen LogP contribution in [0.4, 0.5) is 0 Å². The molecular formula is C7H11N2O2P. The van der Waals surface area contributed by atoms with Gasteiger partial charge in [0.05, 0.1) is 0 Å². The minimum atomic E-state index is -3.41. The Balaban J connectivity index is 2.90. The maximum atomic E-state index is 10.9. The number of rotatable bonds is 2. The summed E-state index contributed by atoms with van der Waals surface area (Å²) < 4.78 is 15.7. The van der Waals surface area contributed by atoms with E-state index in [0.29, 0.717) is 5.75 Å². The minimum Gasteiger partial charge on any atom is -0.422 e. The van der Waals surface area contributed by atoms with Crippen molar-refractivity contribution in [2.45, 2.75) is 6.92 Å². The second-order valence-corrected chi connectivity index (χ2v) is 3.98. The van der Waals surface area contributed by atoms with Crippen molar-refractivity contribution < 1.29 is 9.09 Å². The van der Waals surface area contributed by atoms with Crippen molar-refractivity contribution in [2.24, 2.45) is 11.0 Å². The fourth-order valence-electron chi connectivity index (χ4n) is 0.813. The molecule has 0 heterocycles. The molecule has 0 unspecified atom stereocenters. The van der Waals surface area contributed by atoms with Crippen LogP contribution >= 0.6 is 7.67 Å². The maximum Gasteiger partial charge on any atom is 0.385 e. The van der Waals surface area contributed by atoms with Crippen LogP contribution < -0.4 is 15.5 Å². The predicted molar refractivity (Wildman–Crippen MR) is 47.8 cm³/mol. The van der Waals surface area contributed by atoms with Crippen molar-refractivity contribution in [3.63, 3.8) is 0 Å². The predicted octanol–water partition coefficient (Wildman–Crippen LogP) is 1.40. The Morgan fingerprint density at radius 2 is 1.92 bits per heavy atom. The Bertz CT molecular complexity index is 321. The summed E-state index contributed by atoms with van der Waals surface area (Å²) in [4.78, 5) is 0. The van der Waals surface area contributed by atoms with Crippen molar-refractivity contribution >= 4 is 7.67 Å². The van der Waals surface area contributed by atoms with Gasteiger partial charge in [0, 0.05) is 0 Å². The van der Waals surface area contributed by atoms with E-state index in [1.807, 2.05) is 19.1 Å². The Morgan fingerprint density at radius 1 is 1.33 bits per heavy atom. The molecule has 0 amide bonds. The lowest BCUT2D eigenvalue weighted by atomic mass is 10.2. The summed E-state index contributed by atoms with van der Waals surface area (Å²) in [5, 5.41) is 0. The zero-order valence-electron chi connectivity index (χ0n) is 6.73. The van der Waals surface area contributed by atoms with E-state index < -0.39 is 7.67 Å². The molecule has 0 aliphatic carbocycles. The molecule has 0 spiro atoms. The van der Waals surface area contributed by atoms with Gasteiger partial charge >= 0.3 is 7.67 Å². The van der Waals surface area contributed by atoms with E-state index >= 15 is 0 Å². The third-order valence-electron chi connectivity index (χ3n) is 1.33. The van der Waals surface area contributed by atoms with E-state index in [1.165, 1.54) is 0 Å². The molecule has 0 aliphatic heterocycles. The zero-order valence-corrected chi connectivity index (χ0v) is 7.62. The van der Waals surface area contributed by atoms with Gasteiger partial charge < -0.3 is 4.52 Å².